The van der Waals surface area contributed by atoms with Gasteiger partial charge in [-0.15, -0.1) is 12.4 Å². The molecule has 2 aromatic rings. The summed E-state index contributed by atoms with van der Waals surface area (Å²) in [5, 5.41) is 11.7. The number of rotatable bonds is 6. The van der Waals surface area contributed by atoms with Gasteiger partial charge in [0.05, 0.1) is 19.8 Å². The largest absolute Gasteiger partial charge is 0.379 e. The summed E-state index contributed by atoms with van der Waals surface area (Å²) < 4.78 is 7.62. The second-order valence-electron chi connectivity index (χ2n) is 7.24. The van der Waals surface area contributed by atoms with Gasteiger partial charge in [-0.05, 0) is 36.0 Å². The van der Waals surface area contributed by atoms with Crippen molar-refractivity contribution in [1.29, 1.82) is 0 Å². The minimum atomic E-state index is 0. The van der Waals surface area contributed by atoms with E-state index in [4.69, 9.17) is 4.74 Å². The normalized spacial score (nSPS) is 25.8. The fraction of sp³-hybridized carbons (Fsp3) is 0.550. The van der Waals surface area contributed by atoms with E-state index in [1.807, 2.05) is 23.1 Å². The predicted octanol–water partition coefficient (Wildman–Crippen LogP) is 2.60. The van der Waals surface area contributed by atoms with Crippen molar-refractivity contribution in [3.05, 3.63) is 53.9 Å². The zero-order valence-corrected chi connectivity index (χ0v) is 16.0. The van der Waals surface area contributed by atoms with E-state index in [0.29, 0.717) is 18.0 Å². The second kappa shape index (κ2) is 9.51. The molecule has 1 saturated heterocycles. The van der Waals surface area contributed by atoms with Crippen LogP contribution in [0.3, 0.4) is 0 Å². The second-order valence-corrected chi connectivity index (χ2v) is 7.24. The van der Waals surface area contributed by atoms with Crippen LogP contribution in [0, 0.1) is 5.92 Å². The maximum atomic E-state index is 5.66. The predicted molar refractivity (Wildman–Crippen MR) is 106 cm³/mol. The van der Waals surface area contributed by atoms with Crippen molar-refractivity contribution in [2.45, 2.75) is 44.4 Å². The zero-order valence-electron chi connectivity index (χ0n) is 15.1. The first-order valence-electron chi connectivity index (χ1n) is 9.48. The summed E-state index contributed by atoms with van der Waals surface area (Å²) in [7, 11) is 0. The van der Waals surface area contributed by atoms with Gasteiger partial charge in [-0.3, -0.25) is 4.68 Å². The van der Waals surface area contributed by atoms with E-state index in [2.05, 4.69) is 40.0 Å². The number of ether oxygens (including phenoxy) is 1. The average molecular weight is 377 g/mol. The van der Waals surface area contributed by atoms with Gasteiger partial charge in [0.25, 0.3) is 0 Å². The third kappa shape index (κ3) is 4.86. The molecule has 1 aliphatic heterocycles. The molecule has 2 heterocycles. The van der Waals surface area contributed by atoms with E-state index in [1.54, 1.807) is 0 Å². The van der Waals surface area contributed by atoms with E-state index in [-0.39, 0.29) is 12.4 Å². The highest BCUT2D eigenvalue weighted by Gasteiger charge is 2.34. The number of nitrogens with zero attached hydrogens (tertiary/aromatic N) is 2. The molecule has 0 bridgehead atoms. The number of hydrogen-bond acceptors (Lipinski definition) is 4. The molecule has 2 aliphatic rings. The fourth-order valence-corrected chi connectivity index (χ4v) is 4.18. The minimum Gasteiger partial charge on any atom is -0.379 e. The Kier molecular flexibility index (Phi) is 7.08. The van der Waals surface area contributed by atoms with E-state index in [1.165, 1.54) is 30.4 Å². The number of hydrogen-bond donors (Lipinski definition) is 2. The highest BCUT2D eigenvalue weighted by atomic mass is 35.5. The summed E-state index contributed by atoms with van der Waals surface area (Å²) in [6.07, 6.45) is 7.73. The van der Waals surface area contributed by atoms with Crippen LogP contribution in [0.25, 0.3) is 0 Å². The number of morpholine rings is 1. The molecule has 1 saturated carbocycles. The summed E-state index contributed by atoms with van der Waals surface area (Å²) in [6, 6.07) is 12.0. The Morgan fingerprint density at radius 2 is 2.04 bits per heavy atom. The van der Waals surface area contributed by atoms with Gasteiger partial charge < -0.3 is 15.4 Å². The Bertz CT molecular complexity index is 640. The molecule has 6 heteroatoms. The van der Waals surface area contributed by atoms with Crippen LogP contribution >= 0.6 is 12.4 Å². The lowest BCUT2D eigenvalue weighted by Gasteiger charge is -2.33. The SMILES string of the molecule is Cl.c1cnn(Cc2ccc(CNC3CCCC3C3COCCN3)cc2)c1. The Labute approximate surface area is 161 Å². The van der Waals surface area contributed by atoms with E-state index in [0.717, 1.165) is 32.8 Å². The quantitative estimate of drug-likeness (QED) is 0.813. The Balaban J connectivity index is 0.00000196. The standard InChI is InChI=1S/C20H28N4O.ClH/c1-3-18(20-15-25-12-10-21-20)19(4-1)22-13-16-5-7-17(8-6-16)14-24-11-2-9-23-24;/h2,5-9,11,18-22H,1,3-4,10,12-15H2;1H. The van der Waals surface area contributed by atoms with E-state index < -0.39 is 0 Å². The number of benzene rings is 1. The van der Waals surface area contributed by atoms with Gasteiger partial charge in [0.1, 0.15) is 0 Å². The van der Waals surface area contributed by atoms with Gasteiger partial charge in [-0.2, -0.15) is 5.10 Å². The van der Waals surface area contributed by atoms with Crippen molar-refractivity contribution in [2.75, 3.05) is 19.8 Å². The van der Waals surface area contributed by atoms with Gasteiger partial charge in [0.2, 0.25) is 0 Å². The van der Waals surface area contributed by atoms with E-state index in [9.17, 15) is 0 Å². The molecule has 1 aliphatic carbocycles. The highest BCUT2D eigenvalue weighted by molar-refractivity contribution is 5.85. The van der Waals surface area contributed by atoms with Gasteiger partial charge >= 0.3 is 0 Å². The zero-order chi connectivity index (χ0) is 16.9. The lowest BCUT2D eigenvalue weighted by molar-refractivity contribution is 0.0524. The van der Waals surface area contributed by atoms with Crippen LogP contribution in [0.4, 0.5) is 0 Å². The molecule has 5 nitrogen and oxygen atoms in total. The van der Waals surface area contributed by atoms with Crippen molar-refractivity contribution >= 4 is 12.4 Å². The Morgan fingerprint density at radius 1 is 1.19 bits per heavy atom. The third-order valence-electron chi connectivity index (χ3n) is 5.53. The molecule has 142 valence electrons. The maximum Gasteiger partial charge on any atom is 0.0659 e. The molecule has 0 radical (unpaired) electrons. The van der Waals surface area contributed by atoms with Crippen LogP contribution < -0.4 is 10.6 Å². The van der Waals surface area contributed by atoms with Crippen LogP contribution in [0.1, 0.15) is 30.4 Å². The van der Waals surface area contributed by atoms with Gasteiger partial charge in [-0.25, -0.2) is 0 Å². The minimum absolute atomic E-state index is 0. The molecule has 3 atom stereocenters. The van der Waals surface area contributed by atoms with Crippen molar-refractivity contribution in [3.63, 3.8) is 0 Å². The first kappa shape index (κ1) is 19.4. The molecule has 0 spiro atoms. The highest BCUT2D eigenvalue weighted by Crippen LogP contribution is 2.29. The van der Waals surface area contributed by atoms with Crippen LogP contribution in [0.2, 0.25) is 0 Å². The molecule has 1 aromatic heterocycles. The average Bonchev–Trinajstić information content (AvgIpc) is 3.33. The summed E-state index contributed by atoms with van der Waals surface area (Å²) in [5.74, 6) is 0.694. The lowest BCUT2D eigenvalue weighted by atomic mass is 9.94. The monoisotopic (exact) mass is 376 g/mol. The molecular formula is C20H29ClN4O. The van der Waals surface area contributed by atoms with Gasteiger partial charge in [0.15, 0.2) is 0 Å². The van der Waals surface area contributed by atoms with Crippen LogP contribution in [-0.4, -0.2) is 41.6 Å². The molecule has 0 amide bonds. The molecular weight excluding hydrogens is 348 g/mol. The molecule has 2 fully saturated rings. The molecule has 1 aromatic carbocycles. The Morgan fingerprint density at radius 3 is 2.77 bits per heavy atom. The fourth-order valence-electron chi connectivity index (χ4n) is 4.18. The van der Waals surface area contributed by atoms with Crippen molar-refractivity contribution in [2.24, 2.45) is 5.92 Å². The molecule has 2 N–H and O–H groups in total. The maximum absolute atomic E-state index is 5.66. The van der Waals surface area contributed by atoms with Crippen LogP contribution in [-0.2, 0) is 17.8 Å². The number of halogens is 1. The van der Waals surface area contributed by atoms with Crippen molar-refractivity contribution < 1.29 is 4.74 Å². The first-order valence-corrected chi connectivity index (χ1v) is 9.48. The van der Waals surface area contributed by atoms with Crippen molar-refractivity contribution in [1.82, 2.24) is 20.4 Å². The smallest absolute Gasteiger partial charge is 0.0659 e. The van der Waals surface area contributed by atoms with Crippen molar-refractivity contribution in [3.8, 4) is 0 Å². The molecule has 26 heavy (non-hydrogen) atoms. The summed E-state index contributed by atoms with van der Waals surface area (Å²) in [5.41, 5.74) is 2.64. The summed E-state index contributed by atoms with van der Waals surface area (Å²) in [6.45, 7) is 4.48. The first-order chi connectivity index (χ1) is 12.4. The number of aromatic nitrogens is 2. The van der Waals surface area contributed by atoms with E-state index >= 15 is 0 Å². The summed E-state index contributed by atoms with van der Waals surface area (Å²) >= 11 is 0. The van der Waals surface area contributed by atoms with Gasteiger partial charge in [0, 0.05) is 37.6 Å². The third-order valence-corrected chi connectivity index (χ3v) is 5.53. The number of nitrogens with one attached hydrogen (secondary N) is 2. The van der Waals surface area contributed by atoms with Gasteiger partial charge in [-0.1, -0.05) is 30.7 Å². The topological polar surface area (TPSA) is 51.1 Å². The van der Waals surface area contributed by atoms with Crippen LogP contribution in [0.15, 0.2) is 42.7 Å². The Hall–Kier alpha value is -1.40. The van der Waals surface area contributed by atoms with Crippen LogP contribution in [0.5, 0.6) is 0 Å². The molecule has 4 rings (SSSR count). The lowest BCUT2D eigenvalue weighted by Crippen LogP contribution is -2.50. The summed E-state index contributed by atoms with van der Waals surface area (Å²) in [4.78, 5) is 0. The molecule has 3 unspecified atom stereocenters.